The molecule has 0 spiro atoms. The van der Waals surface area contributed by atoms with Gasteiger partial charge in [0.2, 0.25) is 0 Å². The van der Waals surface area contributed by atoms with E-state index >= 15 is 0 Å². The highest BCUT2D eigenvalue weighted by Gasteiger charge is 2.13. The molecule has 3 heteroatoms. The second-order valence-corrected chi connectivity index (χ2v) is 5.13. The van der Waals surface area contributed by atoms with E-state index in [9.17, 15) is 0 Å². The molecule has 1 aromatic heterocycles. The molecule has 0 atom stereocenters. The summed E-state index contributed by atoms with van der Waals surface area (Å²) >= 11 is 0. The third-order valence-corrected chi connectivity index (χ3v) is 3.67. The lowest BCUT2D eigenvalue weighted by Gasteiger charge is -2.23. The molecule has 1 aliphatic rings. The first-order valence-electron chi connectivity index (χ1n) is 6.74. The van der Waals surface area contributed by atoms with Crippen LogP contribution in [0.25, 0.3) is 10.9 Å². The van der Waals surface area contributed by atoms with Crippen molar-refractivity contribution in [2.75, 3.05) is 11.1 Å². The molecule has 1 heterocycles. The standard InChI is InChI=1S/C15H19N3/c16-12-7-8-14-11(10-12)6-9-15(18-14)17-13-4-2-1-3-5-13/h6-10,13H,1-5,16H2,(H,17,18). The highest BCUT2D eigenvalue weighted by atomic mass is 15.0. The molecule has 1 saturated carbocycles. The highest BCUT2D eigenvalue weighted by Crippen LogP contribution is 2.23. The van der Waals surface area contributed by atoms with E-state index in [0.29, 0.717) is 6.04 Å². The molecule has 3 N–H and O–H groups in total. The van der Waals surface area contributed by atoms with E-state index in [1.54, 1.807) is 0 Å². The first-order chi connectivity index (χ1) is 8.81. The van der Waals surface area contributed by atoms with E-state index in [-0.39, 0.29) is 0 Å². The molecule has 1 aromatic carbocycles. The van der Waals surface area contributed by atoms with Crippen LogP contribution in [0, 0.1) is 0 Å². The average Bonchev–Trinajstić information content (AvgIpc) is 2.40. The van der Waals surface area contributed by atoms with Gasteiger partial charge in [-0.05, 0) is 43.2 Å². The van der Waals surface area contributed by atoms with Crippen molar-refractivity contribution >= 4 is 22.4 Å². The van der Waals surface area contributed by atoms with Crippen LogP contribution in [0.4, 0.5) is 11.5 Å². The Hall–Kier alpha value is -1.77. The summed E-state index contributed by atoms with van der Waals surface area (Å²) in [5, 5.41) is 4.65. The van der Waals surface area contributed by atoms with Gasteiger partial charge in [-0.15, -0.1) is 0 Å². The molecule has 2 aromatic rings. The van der Waals surface area contributed by atoms with Crippen molar-refractivity contribution in [2.45, 2.75) is 38.1 Å². The summed E-state index contributed by atoms with van der Waals surface area (Å²) in [6.45, 7) is 0. The van der Waals surface area contributed by atoms with Gasteiger partial charge < -0.3 is 11.1 Å². The van der Waals surface area contributed by atoms with Gasteiger partial charge >= 0.3 is 0 Å². The number of nitrogen functional groups attached to an aromatic ring is 1. The summed E-state index contributed by atoms with van der Waals surface area (Å²) in [6, 6.07) is 10.6. The molecule has 0 aliphatic heterocycles. The van der Waals surface area contributed by atoms with Crippen LogP contribution < -0.4 is 11.1 Å². The molecule has 0 bridgehead atoms. The Labute approximate surface area is 107 Å². The van der Waals surface area contributed by atoms with Crippen LogP contribution >= 0.6 is 0 Å². The zero-order valence-corrected chi connectivity index (χ0v) is 10.5. The fraction of sp³-hybridized carbons (Fsp3) is 0.400. The van der Waals surface area contributed by atoms with Gasteiger partial charge in [-0.2, -0.15) is 0 Å². The molecule has 0 radical (unpaired) electrons. The lowest BCUT2D eigenvalue weighted by Crippen LogP contribution is -2.22. The maximum Gasteiger partial charge on any atom is 0.126 e. The number of aromatic nitrogens is 1. The van der Waals surface area contributed by atoms with Crippen LogP contribution in [0.15, 0.2) is 30.3 Å². The zero-order chi connectivity index (χ0) is 12.4. The number of anilines is 2. The van der Waals surface area contributed by atoms with E-state index in [1.165, 1.54) is 32.1 Å². The minimum absolute atomic E-state index is 0.595. The van der Waals surface area contributed by atoms with Crippen molar-refractivity contribution in [3.05, 3.63) is 30.3 Å². The number of fused-ring (bicyclic) bond motifs is 1. The Morgan fingerprint density at radius 3 is 2.72 bits per heavy atom. The van der Waals surface area contributed by atoms with Crippen molar-refractivity contribution in [1.29, 1.82) is 0 Å². The molecule has 3 nitrogen and oxygen atoms in total. The fourth-order valence-electron chi connectivity index (χ4n) is 2.68. The van der Waals surface area contributed by atoms with Gasteiger partial charge in [0.25, 0.3) is 0 Å². The number of rotatable bonds is 2. The summed E-state index contributed by atoms with van der Waals surface area (Å²) in [4.78, 5) is 4.64. The van der Waals surface area contributed by atoms with Crippen LogP contribution in [-0.2, 0) is 0 Å². The molecular weight excluding hydrogens is 222 g/mol. The van der Waals surface area contributed by atoms with E-state index in [2.05, 4.69) is 22.4 Å². The first kappa shape index (κ1) is 11.3. The van der Waals surface area contributed by atoms with E-state index < -0.39 is 0 Å². The second kappa shape index (κ2) is 4.84. The third-order valence-electron chi connectivity index (χ3n) is 3.67. The Balaban J connectivity index is 1.82. The summed E-state index contributed by atoms with van der Waals surface area (Å²) in [6.07, 6.45) is 6.58. The third kappa shape index (κ3) is 2.40. The molecule has 1 fully saturated rings. The Morgan fingerprint density at radius 1 is 1.06 bits per heavy atom. The molecule has 3 rings (SSSR count). The maximum atomic E-state index is 5.77. The first-order valence-corrected chi connectivity index (χ1v) is 6.74. The SMILES string of the molecule is Nc1ccc2nc(NC3CCCCC3)ccc2c1. The topological polar surface area (TPSA) is 50.9 Å². The second-order valence-electron chi connectivity index (χ2n) is 5.13. The van der Waals surface area contributed by atoms with Gasteiger partial charge in [0.05, 0.1) is 5.52 Å². The number of nitrogens with zero attached hydrogens (tertiary/aromatic N) is 1. The highest BCUT2D eigenvalue weighted by molar-refractivity contribution is 5.83. The van der Waals surface area contributed by atoms with E-state index in [4.69, 9.17) is 5.73 Å². The maximum absolute atomic E-state index is 5.77. The molecule has 94 valence electrons. The number of hydrogen-bond acceptors (Lipinski definition) is 3. The largest absolute Gasteiger partial charge is 0.399 e. The van der Waals surface area contributed by atoms with Crippen molar-refractivity contribution < 1.29 is 0 Å². The monoisotopic (exact) mass is 241 g/mol. The fourth-order valence-corrected chi connectivity index (χ4v) is 2.68. The number of nitrogens with one attached hydrogen (secondary N) is 1. The lowest BCUT2D eigenvalue weighted by atomic mass is 9.95. The number of pyridine rings is 1. The zero-order valence-electron chi connectivity index (χ0n) is 10.5. The van der Waals surface area contributed by atoms with Crippen LogP contribution in [0.1, 0.15) is 32.1 Å². The van der Waals surface area contributed by atoms with E-state index in [1.807, 2.05) is 18.2 Å². The predicted octanol–water partition coefficient (Wildman–Crippen LogP) is 3.56. The summed E-state index contributed by atoms with van der Waals surface area (Å²) < 4.78 is 0. The molecule has 1 aliphatic carbocycles. The number of nitrogens with two attached hydrogens (primary N) is 1. The Bertz CT molecular complexity index is 544. The summed E-state index contributed by atoms with van der Waals surface area (Å²) in [5.74, 6) is 0.985. The van der Waals surface area contributed by atoms with E-state index in [0.717, 1.165) is 22.4 Å². The molecule has 0 unspecified atom stereocenters. The Kier molecular flexibility index (Phi) is 3.05. The van der Waals surface area contributed by atoms with Crippen LogP contribution in [0.2, 0.25) is 0 Å². The minimum atomic E-state index is 0.595. The van der Waals surface area contributed by atoms with Crippen molar-refractivity contribution in [3.8, 4) is 0 Å². The average molecular weight is 241 g/mol. The molecule has 0 saturated heterocycles. The van der Waals surface area contributed by atoms with Crippen LogP contribution in [-0.4, -0.2) is 11.0 Å². The van der Waals surface area contributed by atoms with Crippen molar-refractivity contribution in [1.82, 2.24) is 4.98 Å². The smallest absolute Gasteiger partial charge is 0.126 e. The predicted molar refractivity (Wildman–Crippen MR) is 76.7 cm³/mol. The molecule has 18 heavy (non-hydrogen) atoms. The number of benzene rings is 1. The van der Waals surface area contributed by atoms with Gasteiger partial charge in [-0.3, -0.25) is 0 Å². The molecular formula is C15H19N3. The van der Waals surface area contributed by atoms with Crippen molar-refractivity contribution in [2.24, 2.45) is 0 Å². The van der Waals surface area contributed by atoms with Crippen LogP contribution in [0.5, 0.6) is 0 Å². The Morgan fingerprint density at radius 2 is 1.89 bits per heavy atom. The quantitative estimate of drug-likeness (QED) is 0.790. The minimum Gasteiger partial charge on any atom is -0.399 e. The summed E-state index contributed by atoms with van der Waals surface area (Å²) in [5.41, 5.74) is 7.56. The lowest BCUT2D eigenvalue weighted by molar-refractivity contribution is 0.462. The van der Waals surface area contributed by atoms with Gasteiger partial charge in [0, 0.05) is 17.1 Å². The van der Waals surface area contributed by atoms with Gasteiger partial charge in [-0.25, -0.2) is 4.98 Å². The van der Waals surface area contributed by atoms with Crippen molar-refractivity contribution in [3.63, 3.8) is 0 Å². The normalized spacial score (nSPS) is 16.9. The summed E-state index contributed by atoms with van der Waals surface area (Å²) in [7, 11) is 0. The van der Waals surface area contributed by atoms with Crippen LogP contribution in [0.3, 0.4) is 0 Å². The van der Waals surface area contributed by atoms with Gasteiger partial charge in [0.15, 0.2) is 0 Å². The number of hydrogen-bond donors (Lipinski definition) is 2. The van der Waals surface area contributed by atoms with Gasteiger partial charge in [-0.1, -0.05) is 19.3 Å². The van der Waals surface area contributed by atoms with Gasteiger partial charge in [0.1, 0.15) is 5.82 Å². The molecule has 0 amide bonds.